The Morgan fingerprint density at radius 3 is 2.20 bits per heavy atom. The molecule has 0 aliphatic rings. The lowest BCUT2D eigenvalue weighted by molar-refractivity contribution is -0.141. The van der Waals surface area contributed by atoms with Crippen LogP contribution in [0.3, 0.4) is 0 Å². The standard InChI is InChI=1S/C22H30N6O6S/c1-11(23)19(30)27-16(8-12-9-25-14-5-3-2-4-13(12)14)21(32)26-15(6-7-18(24)29)20(31)28-17(10-35)22(33)34/h2-5,9,11,15-17,25,35H,6-8,10,23H2,1H3,(H2,24,29)(H,26,32)(H,27,30)(H,28,31)(H,33,34). The van der Waals surface area contributed by atoms with Crippen LogP contribution in [0.1, 0.15) is 25.3 Å². The van der Waals surface area contributed by atoms with Crippen LogP contribution in [0.2, 0.25) is 0 Å². The first kappa shape index (κ1) is 27.7. The molecule has 0 bridgehead atoms. The topological polar surface area (TPSA) is 209 Å². The number of carboxylic acid groups (broad SMARTS) is 1. The van der Waals surface area contributed by atoms with Gasteiger partial charge in [-0.25, -0.2) is 4.79 Å². The summed E-state index contributed by atoms with van der Waals surface area (Å²) >= 11 is 3.90. The summed E-state index contributed by atoms with van der Waals surface area (Å²) < 4.78 is 0. The van der Waals surface area contributed by atoms with Crippen molar-refractivity contribution in [2.24, 2.45) is 11.5 Å². The number of hydrogen-bond acceptors (Lipinski definition) is 7. The van der Waals surface area contributed by atoms with Gasteiger partial charge in [-0.3, -0.25) is 19.2 Å². The van der Waals surface area contributed by atoms with E-state index in [9.17, 15) is 29.1 Å². The summed E-state index contributed by atoms with van der Waals surface area (Å²) in [6.45, 7) is 1.46. The molecule has 4 unspecified atom stereocenters. The number of rotatable bonds is 13. The Kier molecular flexibility index (Phi) is 10.1. The molecule has 12 nitrogen and oxygen atoms in total. The third kappa shape index (κ3) is 8.00. The van der Waals surface area contributed by atoms with Crippen molar-refractivity contribution in [3.8, 4) is 0 Å². The molecule has 0 aliphatic heterocycles. The van der Waals surface area contributed by atoms with Crippen LogP contribution >= 0.6 is 12.6 Å². The van der Waals surface area contributed by atoms with Crippen LogP contribution in [-0.4, -0.2) is 69.6 Å². The number of nitrogens with one attached hydrogen (secondary N) is 4. The van der Waals surface area contributed by atoms with E-state index in [4.69, 9.17) is 11.5 Å². The quantitative estimate of drug-likeness (QED) is 0.155. The number of aromatic nitrogens is 1. The van der Waals surface area contributed by atoms with E-state index in [0.29, 0.717) is 0 Å². The number of para-hydroxylation sites is 1. The van der Waals surface area contributed by atoms with Crippen LogP contribution in [-0.2, 0) is 30.4 Å². The Morgan fingerprint density at radius 1 is 1.00 bits per heavy atom. The molecule has 9 N–H and O–H groups in total. The fourth-order valence-corrected chi connectivity index (χ4v) is 3.57. The Morgan fingerprint density at radius 2 is 1.60 bits per heavy atom. The molecule has 0 fully saturated rings. The molecule has 35 heavy (non-hydrogen) atoms. The van der Waals surface area contributed by atoms with Crippen LogP contribution < -0.4 is 27.4 Å². The Hall–Kier alpha value is -3.58. The van der Waals surface area contributed by atoms with Crippen molar-refractivity contribution in [1.82, 2.24) is 20.9 Å². The van der Waals surface area contributed by atoms with Crippen LogP contribution in [0.5, 0.6) is 0 Å². The predicted molar refractivity (Wildman–Crippen MR) is 131 cm³/mol. The van der Waals surface area contributed by atoms with Gasteiger partial charge in [0.2, 0.25) is 23.6 Å². The van der Waals surface area contributed by atoms with Gasteiger partial charge in [0.1, 0.15) is 18.1 Å². The van der Waals surface area contributed by atoms with E-state index in [1.165, 1.54) is 6.92 Å². The van der Waals surface area contributed by atoms with Crippen LogP contribution in [0.25, 0.3) is 10.9 Å². The van der Waals surface area contributed by atoms with Gasteiger partial charge in [0.25, 0.3) is 0 Å². The second kappa shape index (κ2) is 12.8. The summed E-state index contributed by atoms with van der Waals surface area (Å²) in [4.78, 5) is 63.9. The van der Waals surface area contributed by atoms with Crippen molar-refractivity contribution in [2.45, 2.75) is 50.4 Å². The van der Waals surface area contributed by atoms with Gasteiger partial charge in [-0.05, 0) is 25.0 Å². The van der Waals surface area contributed by atoms with Crippen LogP contribution in [0.4, 0.5) is 0 Å². The van der Waals surface area contributed by atoms with Gasteiger partial charge in [-0.2, -0.15) is 12.6 Å². The zero-order valence-corrected chi connectivity index (χ0v) is 20.0. The fraction of sp³-hybridized carbons (Fsp3) is 0.409. The normalized spacial score (nSPS) is 14.4. The number of H-pyrrole nitrogens is 1. The average Bonchev–Trinajstić information content (AvgIpc) is 3.21. The van der Waals surface area contributed by atoms with E-state index >= 15 is 0 Å². The monoisotopic (exact) mass is 506 g/mol. The zero-order valence-electron chi connectivity index (χ0n) is 19.1. The molecular formula is C22H30N6O6S. The zero-order chi connectivity index (χ0) is 26.1. The second-order valence-corrected chi connectivity index (χ2v) is 8.43. The molecule has 1 aromatic heterocycles. The number of benzene rings is 1. The van der Waals surface area contributed by atoms with E-state index in [0.717, 1.165) is 16.5 Å². The summed E-state index contributed by atoms with van der Waals surface area (Å²) in [6, 6.07) is 2.80. The summed E-state index contributed by atoms with van der Waals surface area (Å²) in [7, 11) is 0. The largest absolute Gasteiger partial charge is 0.480 e. The van der Waals surface area contributed by atoms with Crippen molar-refractivity contribution in [1.29, 1.82) is 0 Å². The number of amides is 4. The smallest absolute Gasteiger partial charge is 0.327 e. The van der Waals surface area contributed by atoms with Gasteiger partial charge >= 0.3 is 5.97 Å². The number of aromatic amines is 1. The minimum atomic E-state index is -1.31. The molecular weight excluding hydrogens is 476 g/mol. The molecule has 4 amide bonds. The SMILES string of the molecule is CC(N)C(=O)NC(Cc1c[nH]c2ccccc12)C(=O)NC(CCC(N)=O)C(=O)NC(CS)C(=O)O. The van der Waals surface area contributed by atoms with Gasteiger partial charge in [-0.15, -0.1) is 0 Å². The lowest BCUT2D eigenvalue weighted by atomic mass is 10.0. The lowest BCUT2D eigenvalue weighted by Gasteiger charge is -2.24. The molecule has 0 spiro atoms. The maximum atomic E-state index is 13.2. The van der Waals surface area contributed by atoms with Crippen LogP contribution in [0.15, 0.2) is 30.5 Å². The van der Waals surface area contributed by atoms with Gasteiger partial charge in [-0.1, -0.05) is 18.2 Å². The van der Waals surface area contributed by atoms with E-state index in [1.54, 1.807) is 6.20 Å². The fourth-order valence-electron chi connectivity index (χ4n) is 3.32. The van der Waals surface area contributed by atoms with Gasteiger partial charge in [0, 0.05) is 35.7 Å². The summed E-state index contributed by atoms with van der Waals surface area (Å²) in [6.07, 6.45) is 1.38. The summed E-state index contributed by atoms with van der Waals surface area (Å²) in [5.41, 5.74) is 12.4. The first-order valence-electron chi connectivity index (χ1n) is 10.9. The Balaban J connectivity index is 2.27. The molecule has 1 aromatic carbocycles. The molecule has 0 saturated carbocycles. The third-order valence-electron chi connectivity index (χ3n) is 5.26. The minimum absolute atomic E-state index is 0.0762. The molecule has 4 atom stereocenters. The first-order valence-corrected chi connectivity index (χ1v) is 11.5. The lowest BCUT2D eigenvalue weighted by Crippen LogP contribution is -2.57. The van der Waals surface area contributed by atoms with Crippen molar-refractivity contribution < 1.29 is 29.1 Å². The molecule has 2 aromatic rings. The Labute approximate surface area is 207 Å². The van der Waals surface area contributed by atoms with Crippen molar-refractivity contribution in [3.05, 3.63) is 36.0 Å². The van der Waals surface area contributed by atoms with Gasteiger partial charge < -0.3 is 37.5 Å². The van der Waals surface area contributed by atoms with Crippen molar-refractivity contribution in [3.63, 3.8) is 0 Å². The van der Waals surface area contributed by atoms with E-state index in [-0.39, 0.29) is 25.0 Å². The highest BCUT2D eigenvalue weighted by Gasteiger charge is 2.30. The minimum Gasteiger partial charge on any atom is -0.480 e. The number of primary amides is 1. The second-order valence-electron chi connectivity index (χ2n) is 8.06. The number of aliphatic carboxylic acids is 1. The van der Waals surface area contributed by atoms with E-state index < -0.39 is 53.8 Å². The van der Waals surface area contributed by atoms with Gasteiger partial charge in [0.15, 0.2) is 0 Å². The maximum Gasteiger partial charge on any atom is 0.327 e. The highest BCUT2D eigenvalue weighted by atomic mass is 32.1. The number of carbonyl (C=O) groups is 5. The third-order valence-corrected chi connectivity index (χ3v) is 5.62. The first-order chi connectivity index (χ1) is 16.5. The average molecular weight is 507 g/mol. The summed E-state index contributed by atoms with van der Waals surface area (Å²) in [5.74, 6) is -4.33. The predicted octanol–water partition coefficient (Wildman–Crippen LogP) is -1.21. The molecule has 190 valence electrons. The van der Waals surface area contributed by atoms with Gasteiger partial charge in [0.05, 0.1) is 6.04 Å². The van der Waals surface area contributed by atoms with E-state index in [1.807, 2.05) is 24.3 Å². The van der Waals surface area contributed by atoms with Crippen molar-refractivity contribution >= 4 is 53.1 Å². The number of nitrogens with two attached hydrogens (primary N) is 2. The van der Waals surface area contributed by atoms with Crippen molar-refractivity contribution in [2.75, 3.05) is 5.75 Å². The number of thiol groups is 1. The molecule has 0 radical (unpaired) electrons. The molecule has 1 heterocycles. The van der Waals surface area contributed by atoms with E-state index in [2.05, 4.69) is 33.6 Å². The number of hydrogen-bond donors (Lipinski definition) is 8. The summed E-state index contributed by atoms with van der Waals surface area (Å²) in [5, 5.41) is 17.4. The maximum absolute atomic E-state index is 13.2. The highest BCUT2D eigenvalue weighted by molar-refractivity contribution is 7.80. The number of fused-ring (bicyclic) bond motifs is 1. The Bertz CT molecular complexity index is 1090. The molecule has 0 aliphatic carbocycles. The molecule has 0 saturated heterocycles. The molecule has 2 rings (SSSR count). The number of carboxylic acids is 1. The molecule has 13 heteroatoms. The highest BCUT2D eigenvalue weighted by Crippen LogP contribution is 2.19. The van der Waals surface area contributed by atoms with Crippen LogP contribution in [0, 0.1) is 0 Å². The number of carbonyl (C=O) groups excluding carboxylic acids is 4.